The van der Waals surface area contributed by atoms with E-state index in [1.165, 1.54) is 24.6 Å². The standard InChI is InChI=1S/C22H21N5O3S/c1-12(11-28)13-3-5-14(6-4-13)17-9-15(20(23)29)22(31-17)27-18-8-7-16-21(26-18)24-10-19(25-16)30-2/h3-10,12,28H,11H2,1-2H3,(H2,23,29)(H,24,26,27). The van der Waals surface area contributed by atoms with Gasteiger partial charge in [0.05, 0.1) is 18.9 Å². The van der Waals surface area contributed by atoms with Crippen LogP contribution in [0.25, 0.3) is 21.6 Å². The summed E-state index contributed by atoms with van der Waals surface area (Å²) in [6.07, 6.45) is 1.50. The van der Waals surface area contributed by atoms with Crippen LogP contribution in [0.15, 0.2) is 48.7 Å². The first-order valence-corrected chi connectivity index (χ1v) is 10.4. The Labute approximate surface area is 182 Å². The number of aliphatic hydroxyl groups is 1. The SMILES string of the molecule is COc1cnc2nc(Nc3sc(-c4ccc(C(C)CO)cc4)cc3C(N)=O)ccc2n1. The molecule has 0 aliphatic heterocycles. The van der Waals surface area contributed by atoms with Crippen molar-refractivity contribution < 1.29 is 14.6 Å². The molecule has 4 rings (SSSR count). The zero-order valence-corrected chi connectivity index (χ0v) is 17.8. The molecule has 0 fully saturated rings. The van der Waals surface area contributed by atoms with Crippen LogP contribution >= 0.6 is 11.3 Å². The first-order chi connectivity index (χ1) is 15.0. The molecule has 0 spiro atoms. The van der Waals surface area contributed by atoms with E-state index in [4.69, 9.17) is 10.5 Å². The van der Waals surface area contributed by atoms with E-state index in [9.17, 15) is 9.90 Å². The highest BCUT2D eigenvalue weighted by atomic mass is 32.1. The van der Waals surface area contributed by atoms with E-state index < -0.39 is 5.91 Å². The van der Waals surface area contributed by atoms with Crippen LogP contribution in [0.4, 0.5) is 10.8 Å². The molecule has 0 bridgehead atoms. The third kappa shape index (κ3) is 4.32. The van der Waals surface area contributed by atoms with Gasteiger partial charge in [0, 0.05) is 17.4 Å². The number of carbonyl (C=O) groups excluding carboxylic acids is 1. The van der Waals surface area contributed by atoms with Crippen molar-refractivity contribution in [2.24, 2.45) is 5.73 Å². The van der Waals surface area contributed by atoms with Gasteiger partial charge >= 0.3 is 0 Å². The van der Waals surface area contributed by atoms with E-state index in [0.29, 0.717) is 33.4 Å². The van der Waals surface area contributed by atoms with Crippen LogP contribution < -0.4 is 15.8 Å². The van der Waals surface area contributed by atoms with Crippen molar-refractivity contribution in [3.8, 4) is 16.3 Å². The lowest BCUT2D eigenvalue weighted by Crippen LogP contribution is -2.11. The van der Waals surface area contributed by atoms with Gasteiger partial charge in [-0.3, -0.25) is 4.79 Å². The monoisotopic (exact) mass is 435 g/mol. The number of nitrogens with two attached hydrogens (primary N) is 1. The molecular weight excluding hydrogens is 414 g/mol. The second-order valence-corrected chi connectivity index (χ2v) is 8.05. The van der Waals surface area contributed by atoms with Crippen LogP contribution in [0, 0.1) is 0 Å². The molecule has 31 heavy (non-hydrogen) atoms. The van der Waals surface area contributed by atoms with Gasteiger partial charge in [-0.1, -0.05) is 31.2 Å². The van der Waals surface area contributed by atoms with Gasteiger partial charge in [-0.25, -0.2) is 15.0 Å². The number of amides is 1. The number of primary amides is 1. The fourth-order valence-electron chi connectivity index (χ4n) is 3.06. The van der Waals surface area contributed by atoms with Gasteiger partial charge in [-0.2, -0.15) is 0 Å². The van der Waals surface area contributed by atoms with Crippen LogP contribution in [-0.4, -0.2) is 39.7 Å². The summed E-state index contributed by atoms with van der Waals surface area (Å²) in [5.74, 6) is 0.474. The van der Waals surface area contributed by atoms with E-state index in [1.807, 2.05) is 31.2 Å². The number of benzene rings is 1. The Morgan fingerprint density at radius 3 is 2.68 bits per heavy atom. The minimum Gasteiger partial charge on any atom is -0.480 e. The van der Waals surface area contributed by atoms with Crippen molar-refractivity contribution >= 4 is 39.2 Å². The molecule has 9 heteroatoms. The van der Waals surface area contributed by atoms with Crippen LogP contribution in [0.1, 0.15) is 28.8 Å². The predicted molar refractivity (Wildman–Crippen MR) is 121 cm³/mol. The molecule has 0 radical (unpaired) electrons. The third-order valence-corrected chi connectivity index (χ3v) is 5.97. The Kier molecular flexibility index (Phi) is 5.79. The van der Waals surface area contributed by atoms with Gasteiger partial charge in [-0.05, 0) is 29.3 Å². The Hall–Kier alpha value is -3.56. The zero-order chi connectivity index (χ0) is 22.0. The van der Waals surface area contributed by atoms with E-state index in [1.54, 1.807) is 18.2 Å². The quantitative estimate of drug-likeness (QED) is 0.404. The molecule has 1 amide bonds. The minimum atomic E-state index is -0.527. The molecule has 0 saturated heterocycles. The topological polar surface area (TPSA) is 123 Å². The van der Waals surface area contributed by atoms with Crippen molar-refractivity contribution in [2.45, 2.75) is 12.8 Å². The number of carbonyl (C=O) groups is 1. The molecule has 0 saturated carbocycles. The highest BCUT2D eigenvalue weighted by Crippen LogP contribution is 2.37. The Morgan fingerprint density at radius 2 is 2.00 bits per heavy atom. The second-order valence-electron chi connectivity index (χ2n) is 7.00. The van der Waals surface area contributed by atoms with Crippen molar-refractivity contribution in [1.82, 2.24) is 15.0 Å². The average Bonchev–Trinajstić information content (AvgIpc) is 3.22. The number of thiophene rings is 1. The van der Waals surface area contributed by atoms with E-state index in [0.717, 1.165) is 16.0 Å². The lowest BCUT2D eigenvalue weighted by molar-refractivity contribution is 0.100. The summed E-state index contributed by atoms with van der Waals surface area (Å²) in [5.41, 5.74) is 9.06. The second kappa shape index (κ2) is 8.66. The number of nitrogens with zero attached hydrogens (tertiary/aromatic N) is 3. The minimum absolute atomic E-state index is 0.0674. The Bertz CT molecular complexity index is 1240. The number of aliphatic hydroxyl groups excluding tert-OH is 1. The first kappa shape index (κ1) is 20.7. The average molecular weight is 436 g/mol. The summed E-state index contributed by atoms with van der Waals surface area (Å²) in [4.78, 5) is 25.9. The van der Waals surface area contributed by atoms with Gasteiger partial charge in [0.25, 0.3) is 5.91 Å². The summed E-state index contributed by atoms with van der Waals surface area (Å²) in [5, 5.41) is 13.1. The van der Waals surface area contributed by atoms with Crippen LogP contribution in [0.5, 0.6) is 5.88 Å². The molecule has 4 aromatic rings. The van der Waals surface area contributed by atoms with Crippen LogP contribution in [0.2, 0.25) is 0 Å². The van der Waals surface area contributed by atoms with Crippen molar-refractivity contribution in [2.75, 3.05) is 19.0 Å². The number of anilines is 2. The van der Waals surface area contributed by atoms with Crippen LogP contribution in [-0.2, 0) is 0 Å². The van der Waals surface area contributed by atoms with Gasteiger partial charge in [0.1, 0.15) is 16.3 Å². The number of methoxy groups -OCH3 is 1. The fourth-order valence-corrected chi connectivity index (χ4v) is 4.14. The number of ether oxygens (including phenoxy) is 1. The molecule has 0 aliphatic rings. The molecule has 0 aliphatic carbocycles. The van der Waals surface area contributed by atoms with Gasteiger partial charge in [-0.15, -0.1) is 11.3 Å². The summed E-state index contributed by atoms with van der Waals surface area (Å²) in [6.45, 7) is 2.05. The highest BCUT2D eigenvalue weighted by molar-refractivity contribution is 7.19. The van der Waals surface area contributed by atoms with Crippen molar-refractivity contribution in [1.29, 1.82) is 0 Å². The molecule has 4 N–H and O–H groups in total. The Balaban J connectivity index is 1.65. The molecule has 158 valence electrons. The summed E-state index contributed by atoms with van der Waals surface area (Å²) in [7, 11) is 1.53. The third-order valence-electron chi connectivity index (χ3n) is 4.87. The highest BCUT2D eigenvalue weighted by Gasteiger charge is 2.16. The maximum atomic E-state index is 12.0. The zero-order valence-electron chi connectivity index (χ0n) is 17.0. The van der Waals surface area contributed by atoms with E-state index in [2.05, 4.69) is 20.3 Å². The number of hydrogen-bond acceptors (Lipinski definition) is 8. The number of rotatable bonds is 7. The molecule has 1 atom stereocenters. The van der Waals surface area contributed by atoms with E-state index >= 15 is 0 Å². The number of hydrogen-bond donors (Lipinski definition) is 3. The molecule has 1 unspecified atom stereocenters. The molecule has 3 heterocycles. The lowest BCUT2D eigenvalue weighted by Gasteiger charge is -2.08. The van der Waals surface area contributed by atoms with Gasteiger partial charge < -0.3 is 20.9 Å². The summed E-state index contributed by atoms with van der Waals surface area (Å²) < 4.78 is 5.08. The number of nitrogens with one attached hydrogen (secondary N) is 1. The number of aromatic nitrogens is 3. The van der Waals surface area contributed by atoms with Gasteiger partial charge in [0.2, 0.25) is 5.88 Å². The predicted octanol–water partition coefficient (Wildman–Crippen LogP) is 3.70. The van der Waals surface area contributed by atoms with Crippen molar-refractivity contribution in [3.05, 3.63) is 59.8 Å². The largest absolute Gasteiger partial charge is 0.480 e. The number of fused-ring (bicyclic) bond motifs is 1. The smallest absolute Gasteiger partial charge is 0.251 e. The molecule has 1 aromatic carbocycles. The maximum Gasteiger partial charge on any atom is 0.251 e. The molecule has 3 aromatic heterocycles. The van der Waals surface area contributed by atoms with E-state index in [-0.39, 0.29) is 12.5 Å². The van der Waals surface area contributed by atoms with Crippen LogP contribution in [0.3, 0.4) is 0 Å². The summed E-state index contributed by atoms with van der Waals surface area (Å²) >= 11 is 1.41. The van der Waals surface area contributed by atoms with Crippen molar-refractivity contribution in [3.63, 3.8) is 0 Å². The normalized spacial score (nSPS) is 12.0. The fraction of sp³-hybridized carbons (Fsp3) is 0.182. The molecular formula is C22H21N5O3S. The summed E-state index contributed by atoms with van der Waals surface area (Å²) in [6, 6.07) is 13.2. The maximum absolute atomic E-state index is 12.0. The lowest BCUT2D eigenvalue weighted by atomic mass is 10.0. The molecule has 8 nitrogen and oxygen atoms in total. The first-order valence-electron chi connectivity index (χ1n) is 9.58. The number of pyridine rings is 1. The van der Waals surface area contributed by atoms with Gasteiger partial charge in [0.15, 0.2) is 5.65 Å². The Morgan fingerprint density at radius 1 is 1.23 bits per heavy atom.